The summed E-state index contributed by atoms with van der Waals surface area (Å²) >= 11 is 0. The third kappa shape index (κ3) is 5.34. The second kappa shape index (κ2) is 8.06. The van der Waals surface area contributed by atoms with E-state index in [1.807, 2.05) is 12.2 Å². The minimum absolute atomic E-state index is 0.0908. The van der Waals surface area contributed by atoms with Gasteiger partial charge >= 0.3 is 0 Å². The van der Waals surface area contributed by atoms with Crippen molar-refractivity contribution >= 4 is 0 Å². The van der Waals surface area contributed by atoms with E-state index in [-0.39, 0.29) is 6.61 Å². The molecule has 1 aliphatic carbocycles. The highest BCUT2D eigenvalue weighted by atomic mass is 16.2. The summed E-state index contributed by atoms with van der Waals surface area (Å²) in [4.78, 5) is 0. The minimum atomic E-state index is 0.0908. The van der Waals surface area contributed by atoms with E-state index in [9.17, 15) is 0 Å². The lowest BCUT2D eigenvalue weighted by atomic mass is 9.68. The number of hydrogen-bond acceptors (Lipinski definition) is 1. The van der Waals surface area contributed by atoms with Gasteiger partial charge in [-0.25, -0.2) is 0 Å². The first-order chi connectivity index (χ1) is 9.47. The standard InChI is InChI=1S/C19H28O/c1-16(10-7-5-6-8-15-20)12-13-18-17(2)11-9-14-19(18,3)4/h5-8,11-13,18,20H,1,9-10,14-15H2,2-4H3/b7-5+,8-6+,13-12+. The molecule has 0 heterocycles. The molecule has 1 N–H and O–H groups in total. The van der Waals surface area contributed by atoms with E-state index in [0.29, 0.717) is 11.3 Å². The van der Waals surface area contributed by atoms with Gasteiger partial charge in [0.25, 0.3) is 0 Å². The summed E-state index contributed by atoms with van der Waals surface area (Å²) in [6.07, 6.45) is 17.7. The van der Waals surface area contributed by atoms with Crippen LogP contribution in [0.15, 0.2) is 60.3 Å². The van der Waals surface area contributed by atoms with Crippen LogP contribution in [-0.4, -0.2) is 11.7 Å². The fourth-order valence-corrected chi connectivity index (χ4v) is 2.72. The Bertz CT molecular complexity index is 433. The van der Waals surface area contributed by atoms with Gasteiger partial charge in [-0.15, -0.1) is 0 Å². The first kappa shape index (κ1) is 16.7. The van der Waals surface area contributed by atoms with E-state index in [4.69, 9.17) is 5.11 Å². The Morgan fingerprint density at radius 2 is 2.10 bits per heavy atom. The summed E-state index contributed by atoms with van der Waals surface area (Å²) in [7, 11) is 0. The van der Waals surface area contributed by atoms with Gasteiger partial charge in [-0.3, -0.25) is 0 Å². The average molecular weight is 272 g/mol. The summed E-state index contributed by atoms with van der Waals surface area (Å²) in [6.45, 7) is 11.1. The summed E-state index contributed by atoms with van der Waals surface area (Å²) in [5.74, 6) is 0.520. The summed E-state index contributed by atoms with van der Waals surface area (Å²) in [6, 6.07) is 0. The Balaban J connectivity index is 2.56. The predicted molar refractivity (Wildman–Crippen MR) is 88.5 cm³/mol. The van der Waals surface area contributed by atoms with Gasteiger partial charge in [-0.05, 0) is 31.6 Å². The second-order valence-electron chi connectivity index (χ2n) is 6.21. The maximum atomic E-state index is 8.62. The third-order valence-electron chi connectivity index (χ3n) is 3.98. The molecule has 110 valence electrons. The van der Waals surface area contributed by atoms with Crippen molar-refractivity contribution in [1.82, 2.24) is 0 Å². The molecule has 0 radical (unpaired) electrons. The first-order valence-electron chi connectivity index (χ1n) is 7.42. The number of aliphatic hydroxyl groups excluding tert-OH is 1. The second-order valence-corrected chi connectivity index (χ2v) is 6.21. The highest BCUT2D eigenvalue weighted by Gasteiger charge is 2.30. The maximum Gasteiger partial charge on any atom is 0.0615 e. The largest absolute Gasteiger partial charge is 0.392 e. The van der Waals surface area contributed by atoms with E-state index in [2.05, 4.69) is 51.7 Å². The molecule has 0 spiro atoms. The molecule has 0 fully saturated rings. The molecule has 0 amide bonds. The summed E-state index contributed by atoms with van der Waals surface area (Å²) in [5, 5.41) is 8.62. The molecule has 0 saturated heterocycles. The van der Waals surface area contributed by atoms with Crippen LogP contribution in [0, 0.1) is 11.3 Å². The van der Waals surface area contributed by atoms with Gasteiger partial charge in [-0.1, -0.05) is 74.1 Å². The molecule has 1 nitrogen and oxygen atoms in total. The van der Waals surface area contributed by atoms with Crippen LogP contribution in [0.1, 0.15) is 40.0 Å². The van der Waals surface area contributed by atoms with Crippen LogP contribution in [0.25, 0.3) is 0 Å². The van der Waals surface area contributed by atoms with Gasteiger partial charge in [0.15, 0.2) is 0 Å². The SMILES string of the molecule is C=C(/C=C/C1C(C)=CCCC1(C)C)C/C=C/C=C/CO. The monoisotopic (exact) mass is 272 g/mol. The number of rotatable bonds is 6. The molecule has 0 aromatic heterocycles. The van der Waals surface area contributed by atoms with Crippen molar-refractivity contribution in [2.24, 2.45) is 11.3 Å². The van der Waals surface area contributed by atoms with Gasteiger partial charge in [-0.2, -0.15) is 0 Å². The number of hydrogen-bond donors (Lipinski definition) is 1. The Morgan fingerprint density at radius 3 is 2.75 bits per heavy atom. The topological polar surface area (TPSA) is 20.2 Å². The van der Waals surface area contributed by atoms with Crippen LogP contribution in [0.5, 0.6) is 0 Å². The van der Waals surface area contributed by atoms with Crippen LogP contribution < -0.4 is 0 Å². The van der Waals surface area contributed by atoms with E-state index in [1.54, 1.807) is 6.08 Å². The lowest BCUT2D eigenvalue weighted by Gasteiger charge is -2.36. The van der Waals surface area contributed by atoms with Gasteiger partial charge in [0.1, 0.15) is 0 Å². The minimum Gasteiger partial charge on any atom is -0.392 e. The molecule has 0 aromatic rings. The summed E-state index contributed by atoms with van der Waals surface area (Å²) in [5.41, 5.74) is 2.94. The Kier molecular flexibility index (Phi) is 6.74. The van der Waals surface area contributed by atoms with E-state index in [0.717, 1.165) is 12.0 Å². The zero-order valence-corrected chi connectivity index (χ0v) is 13.1. The van der Waals surface area contributed by atoms with E-state index in [1.165, 1.54) is 18.4 Å². The number of aliphatic hydroxyl groups is 1. The van der Waals surface area contributed by atoms with Crippen LogP contribution in [-0.2, 0) is 0 Å². The fourth-order valence-electron chi connectivity index (χ4n) is 2.72. The third-order valence-corrected chi connectivity index (χ3v) is 3.98. The quantitative estimate of drug-likeness (QED) is 0.534. The van der Waals surface area contributed by atoms with Crippen LogP contribution in [0.4, 0.5) is 0 Å². The normalized spacial score (nSPS) is 22.8. The lowest BCUT2D eigenvalue weighted by Crippen LogP contribution is -2.26. The smallest absolute Gasteiger partial charge is 0.0615 e. The summed E-state index contributed by atoms with van der Waals surface area (Å²) < 4.78 is 0. The molecule has 0 bridgehead atoms. The number of allylic oxidation sites excluding steroid dienone is 8. The van der Waals surface area contributed by atoms with Gasteiger partial charge in [0, 0.05) is 5.92 Å². The zero-order chi connectivity index (χ0) is 15.0. The molecule has 0 aliphatic heterocycles. The molecular weight excluding hydrogens is 244 g/mol. The van der Waals surface area contributed by atoms with E-state index >= 15 is 0 Å². The van der Waals surface area contributed by atoms with Crippen molar-refractivity contribution in [2.75, 3.05) is 6.61 Å². The molecule has 1 atom stereocenters. The van der Waals surface area contributed by atoms with Crippen LogP contribution >= 0.6 is 0 Å². The molecule has 1 unspecified atom stereocenters. The first-order valence-corrected chi connectivity index (χ1v) is 7.42. The Hall–Kier alpha value is -1.34. The Labute approximate surface area is 124 Å². The molecular formula is C19H28O. The van der Waals surface area contributed by atoms with Crippen molar-refractivity contribution in [2.45, 2.75) is 40.0 Å². The predicted octanol–water partition coefficient (Wildman–Crippen LogP) is 4.98. The van der Waals surface area contributed by atoms with Gasteiger partial charge < -0.3 is 5.11 Å². The molecule has 20 heavy (non-hydrogen) atoms. The molecule has 0 saturated carbocycles. The average Bonchev–Trinajstić information content (AvgIpc) is 2.37. The van der Waals surface area contributed by atoms with Crippen molar-refractivity contribution < 1.29 is 5.11 Å². The molecule has 0 aromatic carbocycles. The zero-order valence-electron chi connectivity index (χ0n) is 13.1. The highest BCUT2D eigenvalue weighted by Crippen LogP contribution is 2.41. The van der Waals surface area contributed by atoms with Crippen molar-refractivity contribution in [1.29, 1.82) is 0 Å². The fraction of sp³-hybridized carbons (Fsp3) is 0.474. The maximum absolute atomic E-state index is 8.62. The molecule has 1 aliphatic rings. The van der Waals surface area contributed by atoms with Gasteiger partial charge in [0.2, 0.25) is 0 Å². The Morgan fingerprint density at radius 1 is 1.40 bits per heavy atom. The van der Waals surface area contributed by atoms with Crippen LogP contribution in [0.2, 0.25) is 0 Å². The van der Waals surface area contributed by atoms with Crippen LogP contribution in [0.3, 0.4) is 0 Å². The van der Waals surface area contributed by atoms with E-state index < -0.39 is 0 Å². The van der Waals surface area contributed by atoms with Gasteiger partial charge in [0.05, 0.1) is 6.61 Å². The van der Waals surface area contributed by atoms with Crippen molar-refractivity contribution in [3.8, 4) is 0 Å². The molecule has 1 rings (SSSR count). The lowest BCUT2D eigenvalue weighted by molar-refractivity contribution is 0.255. The van der Waals surface area contributed by atoms with Crippen molar-refractivity contribution in [3.05, 3.63) is 60.3 Å². The molecule has 1 heteroatoms. The van der Waals surface area contributed by atoms with Crippen molar-refractivity contribution in [3.63, 3.8) is 0 Å². The highest BCUT2D eigenvalue weighted by molar-refractivity contribution is 5.25.